The molecule has 3 aliphatic carbocycles. The Kier molecular flexibility index (Phi) is 7.21. The molecule has 0 aliphatic heterocycles. The highest BCUT2D eigenvalue weighted by molar-refractivity contribution is 5.18. The lowest BCUT2D eigenvalue weighted by molar-refractivity contribution is 0.120. The summed E-state index contributed by atoms with van der Waals surface area (Å²) < 4.78 is 0. The molecule has 5 unspecified atom stereocenters. The summed E-state index contributed by atoms with van der Waals surface area (Å²) >= 11 is 0. The van der Waals surface area contributed by atoms with Gasteiger partial charge in [-0.1, -0.05) is 56.9 Å². The smallest absolute Gasteiger partial charge is 0.0749 e. The first-order chi connectivity index (χ1) is 12.9. The van der Waals surface area contributed by atoms with Crippen LogP contribution in [0.5, 0.6) is 0 Å². The van der Waals surface area contributed by atoms with Gasteiger partial charge in [0.25, 0.3) is 0 Å². The van der Waals surface area contributed by atoms with Gasteiger partial charge in [-0.2, -0.15) is 0 Å². The molecule has 154 valence electrons. The standard InChI is InChI=1S/C24H40O3/c1-24(2,12-13-25)11-10-17-14-19-16-23(27)20(21(19)15-17)8-9-22(26)18-6-4-3-5-7-18/h8-10,18-23,25-27H,3-7,11-16H2,1-2H3. The van der Waals surface area contributed by atoms with Gasteiger partial charge in [-0.15, -0.1) is 0 Å². The van der Waals surface area contributed by atoms with Crippen molar-refractivity contribution < 1.29 is 15.3 Å². The number of hydrogen-bond acceptors (Lipinski definition) is 3. The number of fused-ring (bicyclic) bond motifs is 1. The van der Waals surface area contributed by atoms with Crippen LogP contribution in [0.3, 0.4) is 0 Å². The molecular formula is C24H40O3. The third-order valence-electron chi connectivity index (χ3n) is 7.51. The lowest BCUT2D eigenvalue weighted by atomic mass is 9.83. The molecule has 27 heavy (non-hydrogen) atoms. The Balaban J connectivity index is 1.57. The summed E-state index contributed by atoms with van der Waals surface area (Å²) in [6.07, 6.45) is 17.0. The Bertz CT molecular complexity index is 530. The Labute approximate surface area is 165 Å². The van der Waals surface area contributed by atoms with E-state index in [0.717, 1.165) is 44.9 Å². The maximum Gasteiger partial charge on any atom is 0.0749 e. The van der Waals surface area contributed by atoms with Crippen molar-refractivity contribution in [3.05, 3.63) is 23.8 Å². The fourth-order valence-corrected chi connectivity index (χ4v) is 5.64. The average molecular weight is 377 g/mol. The van der Waals surface area contributed by atoms with Gasteiger partial charge in [0.05, 0.1) is 12.2 Å². The molecule has 0 radical (unpaired) electrons. The molecule has 0 aromatic heterocycles. The number of aliphatic hydroxyl groups excluding tert-OH is 3. The van der Waals surface area contributed by atoms with E-state index in [1.54, 1.807) is 0 Å². The molecular weight excluding hydrogens is 336 g/mol. The van der Waals surface area contributed by atoms with E-state index in [4.69, 9.17) is 0 Å². The number of hydrogen-bond donors (Lipinski definition) is 3. The fourth-order valence-electron chi connectivity index (χ4n) is 5.64. The van der Waals surface area contributed by atoms with Gasteiger partial charge >= 0.3 is 0 Å². The Morgan fingerprint density at radius 2 is 1.89 bits per heavy atom. The van der Waals surface area contributed by atoms with Crippen LogP contribution in [0.25, 0.3) is 0 Å². The van der Waals surface area contributed by atoms with Crippen LogP contribution in [-0.2, 0) is 0 Å². The molecule has 3 fully saturated rings. The highest BCUT2D eigenvalue weighted by Crippen LogP contribution is 2.51. The van der Waals surface area contributed by atoms with E-state index >= 15 is 0 Å². The first-order valence-electron chi connectivity index (χ1n) is 11.2. The molecule has 3 rings (SSSR count). The highest BCUT2D eigenvalue weighted by Gasteiger charge is 2.45. The van der Waals surface area contributed by atoms with Crippen LogP contribution in [0.2, 0.25) is 0 Å². The van der Waals surface area contributed by atoms with E-state index in [2.05, 4.69) is 26.0 Å². The molecule has 0 amide bonds. The second kappa shape index (κ2) is 9.24. The molecule has 0 saturated heterocycles. The molecule has 0 aromatic rings. The Morgan fingerprint density at radius 1 is 1.15 bits per heavy atom. The van der Waals surface area contributed by atoms with Gasteiger partial charge in [-0.25, -0.2) is 0 Å². The first-order valence-corrected chi connectivity index (χ1v) is 11.2. The van der Waals surface area contributed by atoms with Crippen LogP contribution in [0.1, 0.15) is 78.1 Å². The van der Waals surface area contributed by atoms with Crippen molar-refractivity contribution in [2.24, 2.45) is 29.1 Å². The predicted molar refractivity (Wildman–Crippen MR) is 110 cm³/mol. The van der Waals surface area contributed by atoms with Crippen LogP contribution in [0.4, 0.5) is 0 Å². The van der Waals surface area contributed by atoms with Gasteiger partial charge in [-0.3, -0.25) is 0 Å². The van der Waals surface area contributed by atoms with Crippen molar-refractivity contribution in [2.75, 3.05) is 6.61 Å². The summed E-state index contributed by atoms with van der Waals surface area (Å²) in [6, 6.07) is 0. The van der Waals surface area contributed by atoms with Gasteiger partial charge in [0.2, 0.25) is 0 Å². The lowest BCUT2D eigenvalue weighted by Crippen LogP contribution is -2.22. The zero-order chi connectivity index (χ0) is 19.4. The molecule has 3 aliphatic rings. The molecule has 5 atom stereocenters. The zero-order valence-corrected chi connectivity index (χ0v) is 17.3. The van der Waals surface area contributed by atoms with Crippen LogP contribution >= 0.6 is 0 Å². The van der Waals surface area contributed by atoms with E-state index in [1.807, 2.05) is 6.08 Å². The van der Waals surface area contributed by atoms with E-state index in [9.17, 15) is 15.3 Å². The summed E-state index contributed by atoms with van der Waals surface area (Å²) in [6.45, 7) is 4.69. The molecule has 3 nitrogen and oxygen atoms in total. The van der Waals surface area contributed by atoms with Gasteiger partial charge in [0.15, 0.2) is 0 Å². The van der Waals surface area contributed by atoms with Crippen LogP contribution < -0.4 is 0 Å². The summed E-state index contributed by atoms with van der Waals surface area (Å²) in [5.74, 6) is 1.73. The number of rotatable bonds is 7. The van der Waals surface area contributed by atoms with Crippen molar-refractivity contribution in [1.29, 1.82) is 0 Å². The topological polar surface area (TPSA) is 60.7 Å². The molecule has 0 spiro atoms. The lowest BCUT2D eigenvalue weighted by Gasteiger charge is -2.25. The Hall–Kier alpha value is -0.640. The third kappa shape index (κ3) is 5.46. The Morgan fingerprint density at radius 3 is 2.59 bits per heavy atom. The van der Waals surface area contributed by atoms with E-state index in [-0.39, 0.29) is 30.1 Å². The van der Waals surface area contributed by atoms with Gasteiger partial charge in [-0.05, 0) is 68.1 Å². The van der Waals surface area contributed by atoms with Crippen molar-refractivity contribution in [1.82, 2.24) is 0 Å². The normalized spacial score (nSPS) is 35.2. The van der Waals surface area contributed by atoms with Crippen molar-refractivity contribution in [3.8, 4) is 0 Å². The second-order valence-corrected chi connectivity index (χ2v) is 10.2. The monoisotopic (exact) mass is 376 g/mol. The highest BCUT2D eigenvalue weighted by atomic mass is 16.3. The van der Waals surface area contributed by atoms with Gasteiger partial charge < -0.3 is 15.3 Å². The molecule has 0 bridgehead atoms. The van der Waals surface area contributed by atoms with Crippen LogP contribution in [0, 0.1) is 29.1 Å². The van der Waals surface area contributed by atoms with Gasteiger partial charge in [0, 0.05) is 12.5 Å². The maximum atomic E-state index is 10.6. The largest absolute Gasteiger partial charge is 0.396 e. The summed E-state index contributed by atoms with van der Waals surface area (Å²) in [5, 5.41) is 30.3. The third-order valence-corrected chi connectivity index (χ3v) is 7.51. The van der Waals surface area contributed by atoms with Crippen LogP contribution in [0.15, 0.2) is 23.8 Å². The average Bonchev–Trinajstić information content (AvgIpc) is 3.15. The van der Waals surface area contributed by atoms with Crippen molar-refractivity contribution in [2.45, 2.75) is 90.3 Å². The van der Waals surface area contributed by atoms with Gasteiger partial charge in [0.1, 0.15) is 0 Å². The summed E-state index contributed by atoms with van der Waals surface area (Å²) in [5.41, 5.74) is 1.69. The van der Waals surface area contributed by atoms with E-state index in [0.29, 0.717) is 17.8 Å². The van der Waals surface area contributed by atoms with Crippen molar-refractivity contribution in [3.63, 3.8) is 0 Å². The number of allylic oxidation sites excluding steroid dienone is 2. The quantitative estimate of drug-likeness (QED) is 0.568. The van der Waals surface area contributed by atoms with Crippen LogP contribution in [-0.4, -0.2) is 34.1 Å². The number of aliphatic hydroxyl groups is 3. The molecule has 0 aromatic carbocycles. The molecule has 3 N–H and O–H groups in total. The predicted octanol–water partition coefficient (Wildman–Crippen LogP) is 4.62. The summed E-state index contributed by atoms with van der Waals surface area (Å²) in [4.78, 5) is 0. The SMILES string of the molecule is CC(C)(CC=C1CC2CC(O)C(C=CC(O)C3CCCCC3)C2C1)CCO. The fraction of sp³-hybridized carbons (Fsp3) is 0.833. The molecule has 0 heterocycles. The maximum absolute atomic E-state index is 10.6. The molecule has 3 heteroatoms. The van der Waals surface area contributed by atoms with Crippen molar-refractivity contribution >= 4 is 0 Å². The van der Waals surface area contributed by atoms with E-state index < -0.39 is 0 Å². The zero-order valence-electron chi connectivity index (χ0n) is 17.3. The minimum absolute atomic E-state index is 0.155. The molecule has 3 saturated carbocycles. The second-order valence-electron chi connectivity index (χ2n) is 10.2. The first kappa shape index (κ1) is 21.1. The summed E-state index contributed by atoms with van der Waals surface area (Å²) in [7, 11) is 0. The minimum atomic E-state index is -0.341. The minimum Gasteiger partial charge on any atom is -0.396 e. The van der Waals surface area contributed by atoms with E-state index in [1.165, 1.54) is 24.8 Å².